The molecule has 1 saturated heterocycles. The number of nitrogens with one attached hydrogen (secondary N) is 1. The fourth-order valence-electron chi connectivity index (χ4n) is 2.12. The van der Waals surface area contributed by atoms with Crippen LogP contribution in [0.3, 0.4) is 0 Å². The first-order chi connectivity index (χ1) is 8.42. The van der Waals surface area contributed by atoms with Gasteiger partial charge in [0, 0.05) is 24.6 Å². The number of ether oxygens (including phenoxy) is 2. The van der Waals surface area contributed by atoms with E-state index in [9.17, 15) is 4.79 Å². The van der Waals surface area contributed by atoms with Gasteiger partial charge in [-0.1, -0.05) is 15.9 Å². The van der Waals surface area contributed by atoms with Gasteiger partial charge in [0.2, 0.25) is 0 Å². The highest BCUT2D eigenvalue weighted by molar-refractivity contribution is 9.09. The van der Waals surface area contributed by atoms with E-state index in [0.717, 1.165) is 37.8 Å². The van der Waals surface area contributed by atoms with Gasteiger partial charge in [0.15, 0.2) is 0 Å². The van der Waals surface area contributed by atoms with Crippen molar-refractivity contribution in [1.29, 1.82) is 0 Å². The van der Waals surface area contributed by atoms with Crippen LogP contribution in [-0.2, 0) is 9.47 Å². The van der Waals surface area contributed by atoms with Crippen molar-refractivity contribution in [3.05, 3.63) is 0 Å². The standard InChI is InChI=1S/C13H24BrNO3/c1-13(2,3)18-12(16)15-11(4-7-14)10-5-8-17-9-6-10/h10-11H,4-9H2,1-3H3,(H,15,16)/t11-/m1/s1. The molecule has 106 valence electrons. The monoisotopic (exact) mass is 321 g/mol. The van der Waals surface area contributed by atoms with Crippen molar-refractivity contribution >= 4 is 22.0 Å². The van der Waals surface area contributed by atoms with Crippen molar-refractivity contribution in [3.8, 4) is 0 Å². The molecule has 1 fully saturated rings. The first kappa shape index (κ1) is 15.8. The number of hydrogen-bond donors (Lipinski definition) is 1. The van der Waals surface area contributed by atoms with Crippen LogP contribution in [0, 0.1) is 5.92 Å². The van der Waals surface area contributed by atoms with Crippen LogP contribution < -0.4 is 5.32 Å². The molecule has 0 unspecified atom stereocenters. The van der Waals surface area contributed by atoms with Crippen LogP contribution in [-0.4, -0.2) is 36.3 Å². The molecule has 1 N–H and O–H groups in total. The van der Waals surface area contributed by atoms with Crippen LogP contribution in [0.4, 0.5) is 4.79 Å². The van der Waals surface area contributed by atoms with E-state index in [1.807, 2.05) is 20.8 Å². The van der Waals surface area contributed by atoms with Crippen LogP contribution in [0.2, 0.25) is 0 Å². The molecule has 1 atom stereocenters. The molecular weight excluding hydrogens is 298 g/mol. The van der Waals surface area contributed by atoms with Gasteiger partial charge in [0.25, 0.3) is 0 Å². The zero-order valence-corrected chi connectivity index (χ0v) is 13.1. The van der Waals surface area contributed by atoms with Crippen molar-refractivity contribution in [2.75, 3.05) is 18.5 Å². The number of carbonyl (C=O) groups excluding carboxylic acids is 1. The van der Waals surface area contributed by atoms with Crippen LogP contribution in [0.5, 0.6) is 0 Å². The van der Waals surface area contributed by atoms with Crippen LogP contribution in [0.1, 0.15) is 40.0 Å². The third-order valence-corrected chi connectivity index (χ3v) is 3.42. The fourth-order valence-corrected chi connectivity index (χ4v) is 2.61. The third-order valence-electron chi connectivity index (χ3n) is 2.96. The lowest BCUT2D eigenvalue weighted by Gasteiger charge is -2.31. The number of alkyl halides is 1. The van der Waals surface area contributed by atoms with E-state index in [2.05, 4.69) is 21.2 Å². The first-order valence-electron chi connectivity index (χ1n) is 6.55. The second-order valence-corrected chi connectivity index (χ2v) is 6.47. The highest BCUT2D eigenvalue weighted by atomic mass is 79.9. The first-order valence-corrected chi connectivity index (χ1v) is 7.68. The number of halogens is 1. The highest BCUT2D eigenvalue weighted by Gasteiger charge is 2.26. The van der Waals surface area contributed by atoms with Gasteiger partial charge in [-0.25, -0.2) is 4.79 Å². The molecule has 0 saturated carbocycles. The molecule has 0 aromatic rings. The quantitative estimate of drug-likeness (QED) is 0.809. The van der Waals surface area contributed by atoms with Gasteiger partial charge in [0.05, 0.1) is 0 Å². The lowest BCUT2D eigenvalue weighted by Crippen LogP contribution is -2.44. The maximum Gasteiger partial charge on any atom is 0.407 e. The van der Waals surface area contributed by atoms with Crippen molar-refractivity contribution in [1.82, 2.24) is 5.32 Å². The Hall–Kier alpha value is -0.290. The minimum atomic E-state index is -0.446. The van der Waals surface area contributed by atoms with Gasteiger partial charge in [0.1, 0.15) is 5.60 Å². The van der Waals surface area contributed by atoms with Crippen molar-refractivity contribution in [3.63, 3.8) is 0 Å². The zero-order valence-electron chi connectivity index (χ0n) is 11.5. The number of alkyl carbamates (subject to hydrolysis) is 1. The van der Waals surface area contributed by atoms with Gasteiger partial charge in [-0.05, 0) is 46.0 Å². The lowest BCUT2D eigenvalue weighted by atomic mass is 9.90. The van der Waals surface area contributed by atoms with Crippen LogP contribution in [0.25, 0.3) is 0 Å². The number of rotatable bonds is 4. The van der Waals surface area contributed by atoms with Crippen molar-refractivity contribution < 1.29 is 14.3 Å². The summed E-state index contributed by atoms with van der Waals surface area (Å²) in [5.41, 5.74) is -0.446. The second-order valence-electron chi connectivity index (χ2n) is 5.68. The summed E-state index contributed by atoms with van der Waals surface area (Å²) < 4.78 is 10.7. The van der Waals surface area contributed by atoms with Gasteiger partial charge in [-0.15, -0.1) is 0 Å². The topological polar surface area (TPSA) is 47.6 Å². The minimum Gasteiger partial charge on any atom is -0.444 e. The van der Waals surface area contributed by atoms with Gasteiger partial charge < -0.3 is 14.8 Å². The molecule has 4 nitrogen and oxygen atoms in total. The Morgan fingerprint density at radius 2 is 2.06 bits per heavy atom. The summed E-state index contributed by atoms with van der Waals surface area (Å²) in [5.74, 6) is 0.490. The van der Waals surface area contributed by atoms with E-state index in [1.165, 1.54) is 0 Å². The highest BCUT2D eigenvalue weighted by Crippen LogP contribution is 2.22. The third kappa shape index (κ3) is 6.05. The van der Waals surface area contributed by atoms with Crippen LogP contribution in [0.15, 0.2) is 0 Å². The predicted molar refractivity (Wildman–Crippen MR) is 75.1 cm³/mol. The summed E-state index contributed by atoms with van der Waals surface area (Å²) in [7, 11) is 0. The molecule has 5 heteroatoms. The molecule has 1 amide bonds. The molecule has 1 aliphatic rings. The van der Waals surface area contributed by atoms with E-state index in [0.29, 0.717) is 5.92 Å². The fraction of sp³-hybridized carbons (Fsp3) is 0.923. The summed E-state index contributed by atoms with van der Waals surface area (Å²) >= 11 is 3.44. The Bertz CT molecular complexity index is 259. The maximum absolute atomic E-state index is 11.8. The van der Waals surface area contributed by atoms with E-state index >= 15 is 0 Å². The summed E-state index contributed by atoms with van der Waals surface area (Å²) in [6.07, 6.45) is 2.62. The molecule has 1 aliphatic heterocycles. The Morgan fingerprint density at radius 1 is 1.44 bits per heavy atom. The maximum atomic E-state index is 11.8. The van der Waals surface area contributed by atoms with Gasteiger partial charge >= 0.3 is 6.09 Å². The normalized spacial score (nSPS) is 19.3. The Kier molecular flexibility index (Phi) is 6.43. The Labute approximate surface area is 118 Å². The van der Waals surface area contributed by atoms with E-state index in [-0.39, 0.29) is 12.1 Å². The lowest BCUT2D eigenvalue weighted by molar-refractivity contribution is 0.0348. The Balaban J connectivity index is 2.48. The minimum absolute atomic E-state index is 0.170. The van der Waals surface area contributed by atoms with E-state index in [4.69, 9.17) is 9.47 Å². The SMILES string of the molecule is CC(C)(C)OC(=O)N[C@H](CCBr)C1CCOCC1. The molecule has 0 bridgehead atoms. The summed E-state index contributed by atoms with van der Waals surface area (Å²) in [6.45, 7) is 7.21. The molecule has 18 heavy (non-hydrogen) atoms. The molecule has 0 aromatic heterocycles. The molecule has 0 spiro atoms. The summed E-state index contributed by atoms with van der Waals surface area (Å²) in [6, 6.07) is 0.170. The number of carbonyl (C=O) groups is 1. The van der Waals surface area contributed by atoms with Crippen LogP contribution >= 0.6 is 15.9 Å². The smallest absolute Gasteiger partial charge is 0.407 e. The van der Waals surface area contributed by atoms with E-state index < -0.39 is 5.60 Å². The van der Waals surface area contributed by atoms with Gasteiger partial charge in [-0.2, -0.15) is 0 Å². The number of hydrogen-bond acceptors (Lipinski definition) is 3. The van der Waals surface area contributed by atoms with E-state index in [1.54, 1.807) is 0 Å². The Morgan fingerprint density at radius 3 is 2.56 bits per heavy atom. The summed E-state index contributed by atoms with van der Waals surface area (Å²) in [5, 5.41) is 3.88. The average molecular weight is 322 g/mol. The molecule has 0 aromatic carbocycles. The molecule has 1 rings (SSSR count). The average Bonchev–Trinajstić information content (AvgIpc) is 2.27. The molecule has 1 heterocycles. The second kappa shape index (κ2) is 7.34. The summed E-state index contributed by atoms with van der Waals surface area (Å²) in [4.78, 5) is 11.8. The predicted octanol–water partition coefficient (Wildman–Crippen LogP) is 3.09. The van der Waals surface area contributed by atoms with Crippen molar-refractivity contribution in [2.24, 2.45) is 5.92 Å². The zero-order chi connectivity index (χ0) is 13.6. The van der Waals surface area contributed by atoms with Gasteiger partial charge in [-0.3, -0.25) is 0 Å². The molecule has 0 radical (unpaired) electrons. The molecule has 0 aliphatic carbocycles. The van der Waals surface area contributed by atoms with Crippen molar-refractivity contribution in [2.45, 2.75) is 51.7 Å². The molecular formula is C13H24BrNO3. The largest absolute Gasteiger partial charge is 0.444 e. The number of amides is 1.